The van der Waals surface area contributed by atoms with Gasteiger partial charge in [-0.1, -0.05) is 0 Å². The summed E-state index contributed by atoms with van der Waals surface area (Å²) in [5.74, 6) is 0.511. The smallest absolute Gasteiger partial charge is 0.234 e. The third kappa shape index (κ3) is 4.18. The van der Waals surface area contributed by atoms with Gasteiger partial charge in [0.15, 0.2) is 0 Å². The molecular weight excluding hydrogens is 256 g/mol. The predicted octanol–water partition coefficient (Wildman–Crippen LogP) is -0.734. The summed E-state index contributed by atoms with van der Waals surface area (Å²) >= 11 is 0. The van der Waals surface area contributed by atoms with Gasteiger partial charge in [-0.3, -0.25) is 14.5 Å². The van der Waals surface area contributed by atoms with Gasteiger partial charge in [0.1, 0.15) is 0 Å². The molecule has 0 radical (unpaired) electrons. The number of piperazine rings is 1. The van der Waals surface area contributed by atoms with E-state index in [1.807, 2.05) is 11.8 Å². The first kappa shape index (κ1) is 15.3. The van der Waals surface area contributed by atoms with Gasteiger partial charge in [0, 0.05) is 39.3 Å². The van der Waals surface area contributed by atoms with Crippen LogP contribution in [0.25, 0.3) is 0 Å². The Hall–Kier alpha value is -1.14. The molecule has 0 saturated carbocycles. The Morgan fingerprint density at radius 2 is 2.00 bits per heavy atom. The van der Waals surface area contributed by atoms with Crippen molar-refractivity contribution in [2.75, 3.05) is 52.4 Å². The molecule has 2 fully saturated rings. The van der Waals surface area contributed by atoms with Crippen LogP contribution in [0.15, 0.2) is 0 Å². The van der Waals surface area contributed by atoms with Crippen molar-refractivity contribution >= 4 is 11.8 Å². The van der Waals surface area contributed by atoms with E-state index in [0.29, 0.717) is 13.1 Å². The molecule has 6 heteroatoms. The molecule has 2 amide bonds. The number of piperidine rings is 1. The Kier molecular flexibility index (Phi) is 5.79. The fraction of sp³-hybridized carbons (Fsp3) is 0.857. The van der Waals surface area contributed by atoms with Gasteiger partial charge in [-0.2, -0.15) is 0 Å². The molecule has 2 rings (SSSR count). The molecule has 114 valence electrons. The molecule has 20 heavy (non-hydrogen) atoms. The normalized spacial score (nSPS) is 24.4. The molecule has 6 nitrogen and oxygen atoms in total. The summed E-state index contributed by atoms with van der Waals surface area (Å²) in [5.41, 5.74) is 0. The highest BCUT2D eigenvalue weighted by Gasteiger charge is 2.28. The van der Waals surface area contributed by atoms with Crippen LogP contribution in [-0.4, -0.2) is 74.0 Å². The standard InChI is InChI=1S/C14H26N4O2/c1-2-16-13(19)11-17-6-8-18(9-7-17)14(20)12-4-3-5-15-10-12/h12,15H,2-11H2,1H3,(H,16,19)/t12-/m1/s1. The lowest BCUT2D eigenvalue weighted by Crippen LogP contribution is -2.53. The van der Waals surface area contributed by atoms with Crippen molar-refractivity contribution in [2.24, 2.45) is 5.92 Å². The van der Waals surface area contributed by atoms with Crippen molar-refractivity contribution < 1.29 is 9.59 Å². The zero-order valence-electron chi connectivity index (χ0n) is 12.4. The molecule has 2 N–H and O–H groups in total. The lowest BCUT2D eigenvalue weighted by Gasteiger charge is -2.36. The number of hydrogen-bond acceptors (Lipinski definition) is 4. The highest BCUT2D eigenvalue weighted by Crippen LogP contribution is 2.14. The highest BCUT2D eigenvalue weighted by molar-refractivity contribution is 5.79. The Bertz CT molecular complexity index is 334. The summed E-state index contributed by atoms with van der Waals surface area (Å²) in [7, 11) is 0. The molecule has 0 aromatic carbocycles. The molecule has 0 bridgehead atoms. The van der Waals surface area contributed by atoms with E-state index in [-0.39, 0.29) is 17.7 Å². The minimum absolute atomic E-state index is 0.0729. The lowest BCUT2D eigenvalue weighted by atomic mass is 9.98. The largest absolute Gasteiger partial charge is 0.355 e. The molecule has 0 aliphatic carbocycles. The summed E-state index contributed by atoms with van der Waals surface area (Å²) in [6.07, 6.45) is 2.10. The fourth-order valence-electron chi connectivity index (χ4n) is 2.90. The molecule has 0 spiro atoms. The topological polar surface area (TPSA) is 64.7 Å². The quantitative estimate of drug-likeness (QED) is 0.713. The first-order valence-electron chi connectivity index (χ1n) is 7.69. The number of carbonyl (C=O) groups excluding carboxylic acids is 2. The molecule has 1 atom stereocenters. The van der Waals surface area contributed by atoms with Crippen molar-refractivity contribution in [3.8, 4) is 0 Å². The average molecular weight is 282 g/mol. The van der Waals surface area contributed by atoms with Crippen molar-refractivity contribution in [2.45, 2.75) is 19.8 Å². The summed E-state index contributed by atoms with van der Waals surface area (Å²) in [4.78, 5) is 28.0. The monoisotopic (exact) mass is 282 g/mol. The van der Waals surface area contributed by atoms with Crippen LogP contribution in [0.2, 0.25) is 0 Å². The van der Waals surface area contributed by atoms with Crippen LogP contribution in [0.5, 0.6) is 0 Å². The lowest BCUT2D eigenvalue weighted by molar-refractivity contribution is -0.138. The summed E-state index contributed by atoms with van der Waals surface area (Å²) in [6.45, 7) is 7.97. The van der Waals surface area contributed by atoms with Gasteiger partial charge in [0.2, 0.25) is 11.8 Å². The zero-order chi connectivity index (χ0) is 14.4. The van der Waals surface area contributed by atoms with E-state index in [1.54, 1.807) is 0 Å². The summed E-state index contributed by atoms with van der Waals surface area (Å²) in [6, 6.07) is 0. The van der Waals surface area contributed by atoms with E-state index in [4.69, 9.17) is 0 Å². The van der Waals surface area contributed by atoms with Crippen molar-refractivity contribution in [3.63, 3.8) is 0 Å². The van der Waals surface area contributed by atoms with Crippen LogP contribution < -0.4 is 10.6 Å². The number of rotatable bonds is 4. The first-order chi connectivity index (χ1) is 9.70. The van der Waals surface area contributed by atoms with Gasteiger partial charge in [-0.05, 0) is 26.3 Å². The predicted molar refractivity (Wildman–Crippen MR) is 77.3 cm³/mol. The van der Waals surface area contributed by atoms with Crippen LogP contribution in [-0.2, 0) is 9.59 Å². The third-order valence-corrected chi connectivity index (χ3v) is 4.07. The van der Waals surface area contributed by atoms with Gasteiger partial charge in [-0.25, -0.2) is 0 Å². The highest BCUT2D eigenvalue weighted by atomic mass is 16.2. The second kappa shape index (κ2) is 7.59. The maximum absolute atomic E-state index is 12.4. The SMILES string of the molecule is CCNC(=O)CN1CCN(C(=O)[C@@H]2CCCNC2)CC1. The van der Waals surface area contributed by atoms with Gasteiger partial charge in [0.05, 0.1) is 12.5 Å². The molecule has 0 aromatic heterocycles. The minimum atomic E-state index is 0.0729. The third-order valence-electron chi connectivity index (χ3n) is 4.07. The number of likely N-dealkylation sites (N-methyl/N-ethyl adjacent to an activating group) is 1. The van der Waals surface area contributed by atoms with Crippen LogP contribution in [0.3, 0.4) is 0 Å². The Balaban J connectivity index is 1.73. The van der Waals surface area contributed by atoms with Gasteiger partial charge in [-0.15, -0.1) is 0 Å². The van der Waals surface area contributed by atoms with E-state index >= 15 is 0 Å². The molecule has 2 saturated heterocycles. The second-order valence-electron chi connectivity index (χ2n) is 5.60. The second-order valence-corrected chi connectivity index (χ2v) is 5.60. The van der Waals surface area contributed by atoms with E-state index in [1.165, 1.54) is 0 Å². The maximum atomic E-state index is 12.4. The number of hydrogen-bond donors (Lipinski definition) is 2. The number of amides is 2. The van der Waals surface area contributed by atoms with Crippen LogP contribution in [0.1, 0.15) is 19.8 Å². The summed E-state index contributed by atoms with van der Waals surface area (Å²) in [5, 5.41) is 6.10. The average Bonchev–Trinajstić information content (AvgIpc) is 2.48. The zero-order valence-corrected chi connectivity index (χ0v) is 12.4. The van der Waals surface area contributed by atoms with Crippen molar-refractivity contribution in [1.82, 2.24) is 20.4 Å². The molecule has 2 aliphatic heterocycles. The summed E-state index contributed by atoms with van der Waals surface area (Å²) < 4.78 is 0. The number of nitrogens with one attached hydrogen (secondary N) is 2. The van der Waals surface area contributed by atoms with Gasteiger partial charge in [0.25, 0.3) is 0 Å². The first-order valence-corrected chi connectivity index (χ1v) is 7.69. The minimum Gasteiger partial charge on any atom is -0.355 e. The van der Waals surface area contributed by atoms with E-state index in [0.717, 1.165) is 52.1 Å². The maximum Gasteiger partial charge on any atom is 0.234 e. The number of carbonyl (C=O) groups is 2. The van der Waals surface area contributed by atoms with E-state index < -0.39 is 0 Å². The molecule has 2 aliphatic rings. The van der Waals surface area contributed by atoms with Crippen LogP contribution >= 0.6 is 0 Å². The molecule has 0 unspecified atom stereocenters. The van der Waals surface area contributed by atoms with Gasteiger partial charge < -0.3 is 15.5 Å². The molecule has 0 aromatic rings. The molecular formula is C14H26N4O2. The molecule has 2 heterocycles. The Labute approximate surface area is 120 Å². The Morgan fingerprint density at radius 3 is 2.60 bits per heavy atom. The van der Waals surface area contributed by atoms with Crippen LogP contribution in [0.4, 0.5) is 0 Å². The van der Waals surface area contributed by atoms with Gasteiger partial charge >= 0.3 is 0 Å². The van der Waals surface area contributed by atoms with Crippen molar-refractivity contribution in [3.05, 3.63) is 0 Å². The fourth-order valence-corrected chi connectivity index (χ4v) is 2.90. The number of nitrogens with zero attached hydrogens (tertiary/aromatic N) is 2. The Morgan fingerprint density at radius 1 is 1.25 bits per heavy atom. The van der Waals surface area contributed by atoms with E-state index in [9.17, 15) is 9.59 Å². The van der Waals surface area contributed by atoms with E-state index in [2.05, 4.69) is 15.5 Å². The van der Waals surface area contributed by atoms with Crippen LogP contribution in [0, 0.1) is 5.92 Å². The van der Waals surface area contributed by atoms with Crippen molar-refractivity contribution in [1.29, 1.82) is 0 Å².